The first-order chi connectivity index (χ1) is 13.2. The van der Waals surface area contributed by atoms with Crippen LogP contribution in [0.3, 0.4) is 0 Å². The second kappa shape index (κ2) is 11.2. The smallest absolute Gasteiger partial charge is 0.183 e. The van der Waals surface area contributed by atoms with Crippen LogP contribution in [0.2, 0.25) is 0 Å². The van der Waals surface area contributed by atoms with Gasteiger partial charge in [0.05, 0.1) is 13.2 Å². The van der Waals surface area contributed by atoms with Gasteiger partial charge < -0.3 is 9.47 Å². The molecule has 1 aromatic rings. The minimum Gasteiger partial charge on any atom is -0.348 e. The van der Waals surface area contributed by atoms with E-state index >= 15 is 0 Å². The maximum absolute atomic E-state index is 13.0. The van der Waals surface area contributed by atoms with Crippen LogP contribution in [0.1, 0.15) is 89.4 Å². The highest BCUT2D eigenvalue weighted by Crippen LogP contribution is 2.36. The van der Waals surface area contributed by atoms with Crippen molar-refractivity contribution in [2.75, 3.05) is 13.2 Å². The van der Waals surface area contributed by atoms with Crippen molar-refractivity contribution < 1.29 is 13.9 Å². The van der Waals surface area contributed by atoms with Gasteiger partial charge in [-0.3, -0.25) is 0 Å². The molecule has 27 heavy (non-hydrogen) atoms. The summed E-state index contributed by atoms with van der Waals surface area (Å²) >= 11 is 0. The lowest BCUT2D eigenvalue weighted by molar-refractivity contribution is -0.206. The highest BCUT2D eigenvalue weighted by molar-refractivity contribution is 5.17. The SMILES string of the molecule is CCCCCCC1CCC(CCC2COC(c3ccc(F)cc3)OC2)CC1. The van der Waals surface area contributed by atoms with Gasteiger partial charge in [0.25, 0.3) is 0 Å². The van der Waals surface area contributed by atoms with Crippen LogP contribution in [0, 0.1) is 23.6 Å². The summed E-state index contributed by atoms with van der Waals surface area (Å²) in [6.07, 6.45) is 15.0. The monoisotopic (exact) mass is 376 g/mol. The molecular formula is C24H37FO2. The van der Waals surface area contributed by atoms with Crippen LogP contribution in [0.4, 0.5) is 4.39 Å². The molecule has 0 bridgehead atoms. The van der Waals surface area contributed by atoms with E-state index in [1.54, 1.807) is 12.1 Å². The molecule has 0 amide bonds. The van der Waals surface area contributed by atoms with E-state index in [0.29, 0.717) is 5.92 Å². The summed E-state index contributed by atoms with van der Waals surface area (Å²) in [5.74, 6) is 2.19. The Labute approximate surface area is 164 Å². The predicted octanol–water partition coefficient (Wildman–Crippen LogP) is 7.04. The first kappa shape index (κ1) is 20.8. The molecule has 0 aromatic heterocycles. The van der Waals surface area contributed by atoms with Crippen molar-refractivity contribution >= 4 is 0 Å². The van der Waals surface area contributed by atoms with Crippen LogP contribution in [0.25, 0.3) is 0 Å². The number of rotatable bonds is 9. The van der Waals surface area contributed by atoms with Gasteiger partial charge in [0.2, 0.25) is 0 Å². The molecule has 1 aliphatic carbocycles. The van der Waals surface area contributed by atoms with Gasteiger partial charge in [0.15, 0.2) is 6.29 Å². The zero-order chi connectivity index (χ0) is 18.9. The van der Waals surface area contributed by atoms with Gasteiger partial charge >= 0.3 is 0 Å². The van der Waals surface area contributed by atoms with E-state index in [0.717, 1.165) is 30.6 Å². The molecule has 1 saturated heterocycles. The molecule has 3 heteroatoms. The topological polar surface area (TPSA) is 18.5 Å². The van der Waals surface area contributed by atoms with Gasteiger partial charge in [0, 0.05) is 11.5 Å². The van der Waals surface area contributed by atoms with Crippen LogP contribution in [-0.4, -0.2) is 13.2 Å². The molecule has 1 heterocycles. The van der Waals surface area contributed by atoms with Crippen LogP contribution in [0.15, 0.2) is 24.3 Å². The molecule has 152 valence electrons. The minimum atomic E-state index is -0.329. The second-order valence-electron chi connectivity index (χ2n) is 8.73. The third-order valence-electron chi connectivity index (χ3n) is 6.52. The largest absolute Gasteiger partial charge is 0.348 e. The zero-order valence-electron chi connectivity index (χ0n) is 17.0. The molecule has 0 atom stereocenters. The summed E-state index contributed by atoms with van der Waals surface area (Å²) in [5, 5.41) is 0. The van der Waals surface area contributed by atoms with Gasteiger partial charge in [-0.15, -0.1) is 0 Å². The lowest BCUT2D eigenvalue weighted by Gasteiger charge is -2.32. The summed E-state index contributed by atoms with van der Waals surface area (Å²) < 4.78 is 24.8. The molecule has 3 rings (SSSR count). The molecule has 1 saturated carbocycles. The number of benzene rings is 1. The van der Waals surface area contributed by atoms with E-state index in [-0.39, 0.29) is 12.1 Å². The minimum absolute atomic E-state index is 0.219. The van der Waals surface area contributed by atoms with E-state index in [9.17, 15) is 4.39 Å². The van der Waals surface area contributed by atoms with Crippen molar-refractivity contribution in [2.45, 2.75) is 83.8 Å². The maximum Gasteiger partial charge on any atom is 0.183 e. The lowest BCUT2D eigenvalue weighted by atomic mass is 9.77. The van der Waals surface area contributed by atoms with Gasteiger partial charge in [-0.2, -0.15) is 0 Å². The predicted molar refractivity (Wildman–Crippen MR) is 108 cm³/mol. The molecular weight excluding hydrogens is 339 g/mol. The molecule has 2 aliphatic rings. The second-order valence-corrected chi connectivity index (χ2v) is 8.73. The highest BCUT2D eigenvalue weighted by atomic mass is 19.1. The molecule has 0 radical (unpaired) electrons. The number of ether oxygens (including phenoxy) is 2. The van der Waals surface area contributed by atoms with Gasteiger partial charge in [-0.25, -0.2) is 4.39 Å². The van der Waals surface area contributed by atoms with Crippen molar-refractivity contribution in [1.29, 1.82) is 0 Å². The summed E-state index contributed by atoms with van der Waals surface area (Å²) in [5.41, 5.74) is 0.909. The highest BCUT2D eigenvalue weighted by Gasteiger charge is 2.26. The average molecular weight is 377 g/mol. The third-order valence-corrected chi connectivity index (χ3v) is 6.52. The molecule has 2 nitrogen and oxygen atoms in total. The van der Waals surface area contributed by atoms with Gasteiger partial charge in [-0.1, -0.05) is 83.3 Å². The van der Waals surface area contributed by atoms with Crippen molar-refractivity contribution in [3.63, 3.8) is 0 Å². The van der Waals surface area contributed by atoms with Crippen LogP contribution in [0.5, 0.6) is 0 Å². The fraction of sp³-hybridized carbons (Fsp3) is 0.750. The molecule has 0 unspecified atom stereocenters. The summed E-state index contributed by atoms with van der Waals surface area (Å²) in [6.45, 7) is 3.81. The number of unbranched alkanes of at least 4 members (excludes halogenated alkanes) is 3. The van der Waals surface area contributed by atoms with Crippen molar-refractivity contribution in [3.8, 4) is 0 Å². The first-order valence-corrected chi connectivity index (χ1v) is 11.2. The Kier molecular flexibility index (Phi) is 8.60. The summed E-state index contributed by atoms with van der Waals surface area (Å²) in [4.78, 5) is 0. The van der Waals surface area contributed by atoms with Crippen molar-refractivity contribution in [3.05, 3.63) is 35.6 Å². The standard InChI is InChI=1S/C24H37FO2/c1-2-3-4-5-6-19-7-9-20(10-8-19)11-12-21-17-26-24(27-18-21)22-13-15-23(25)16-14-22/h13-16,19-21,24H,2-12,17-18H2,1H3. The Morgan fingerprint density at radius 1 is 0.778 bits per heavy atom. The summed E-state index contributed by atoms with van der Waals surface area (Å²) in [7, 11) is 0. The van der Waals surface area contributed by atoms with E-state index in [4.69, 9.17) is 9.47 Å². The molecule has 1 aliphatic heterocycles. The zero-order valence-corrected chi connectivity index (χ0v) is 17.0. The number of halogens is 1. The van der Waals surface area contributed by atoms with Crippen molar-refractivity contribution in [1.82, 2.24) is 0 Å². The summed E-state index contributed by atoms with van der Waals surface area (Å²) in [6, 6.07) is 6.44. The molecule has 2 fully saturated rings. The molecule has 0 N–H and O–H groups in total. The number of hydrogen-bond acceptors (Lipinski definition) is 2. The van der Waals surface area contributed by atoms with E-state index in [2.05, 4.69) is 6.92 Å². The fourth-order valence-electron chi connectivity index (χ4n) is 4.66. The lowest BCUT2D eigenvalue weighted by Crippen LogP contribution is -2.28. The Hall–Kier alpha value is -0.930. The van der Waals surface area contributed by atoms with E-state index in [1.807, 2.05) is 0 Å². The Morgan fingerprint density at radius 2 is 1.37 bits per heavy atom. The Balaban J connectivity index is 1.28. The third kappa shape index (κ3) is 6.87. The first-order valence-electron chi connectivity index (χ1n) is 11.2. The van der Waals surface area contributed by atoms with Crippen molar-refractivity contribution in [2.24, 2.45) is 17.8 Å². The van der Waals surface area contributed by atoms with E-state index in [1.165, 1.54) is 82.8 Å². The van der Waals surface area contributed by atoms with Gasteiger partial charge in [-0.05, 0) is 30.4 Å². The normalized spacial score (nSPS) is 29.0. The van der Waals surface area contributed by atoms with Crippen LogP contribution < -0.4 is 0 Å². The molecule has 1 aromatic carbocycles. The fourth-order valence-corrected chi connectivity index (χ4v) is 4.66. The van der Waals surface area contributed by atoms with Crippen LogP contribution >= 0.6 is 0 Å². The average Bonchev–Trinajstić information content (AvgIpc) is 2.72. The Bertz CT molecular complexity index is 514. The quantitative estimate of drug-likeness (QED) is 0.430. The van der Waals surface area contributed by atoms with Gasteiger partial charge in [0.1, 0.15) is 5.82 Å². The van der Waals surface area contributed by atoms with E-state index < -0.39 is 0 Å². The number of hydrogen-bond donors (Lipinski definition) is 0. The maximum atomic E-state index is 13.0. The van der Waals surface area contributed by atoms with Crippen LogP contribution in [-0.2, 0) is 9.47 Å². The Morgan fingerprint density at radius 3 is 2.00 bits per heavy atom. The molecule has 0 spiro atoms.